The maximum atomic E-state index is 12.2. The zero-order chi connectivity index (χ0) is 14.7. The lowest BCUT2D eigenvalue weighted by Crippen LogP contribution is -2.05. The summed E-state index contributed by atoms with van der Waals surface area (Å²) in [5.74, 6) is -0.334. The fraction of sp³-hybridized carbons (Fsp3) is 0. The maximum Gasteiger partial charge on any atom is 0.281 e. The third-order valence-corrected chi connectivity index (χ3v) is 2.91. The maximum absolute atomic E-state index is 12.2. The molecule has 0 bridgehead atoms. The van der Waals surface area contributed by atoms with Crippen LogP contribution in [0, 0.1) is 10.1 Å². The molecule has 6 heteroatoms. The van der Waals surface area contributed by atoms with Crippen LogP contribution in [0.5, 0.6) is 0 Å². The average molecular weight is 290 g/mol. The van der Waals surface area contributed by atoms with E-state index >= 15 is 0 Å². The van der Waals surface area contributed by atoms with Gasteiger partial charge >= 0.3 is 0 Å². The molecule has 2 aromatic rings. The number of hydrogen-bond acceptors (Lipinski definition) is 4. The molecule has 0 heterocycles. The molecule has 0 aliphatic rings. The lowest BCUT2D eigenvalue weighted by Gasteiger charge is -2.03. The van der Waals surface area contributed by atoms with E-state index in [4.69, 9.17) is 11.6 Å². The van der Waals surface area contributed by atoms with Gasteiger partial charge in [0.1, 0.15) is 5.56 Å². The first kappa shape index (κ1) is 13.9. The van der Waals surface area contributed by atoms with E-state index in [0.717, 1.165) is 12.1 Å². The number of carbonyl (C=O) groups excluding carboxylic acids is 2. The quantitative estimate of drug-likeness (QED) is 0.375. The van der Waals surface area contributed by atoms with Gasteiger partial charge in [-0.3, -0.25) is 19.7 Å². The van der Waals surface area contributed by atoms with E-state index in [9.17, 15) is 19.7 Å². The molecule has 5 nitrogen and oxygen atoms in total. The van der Waals surface area contributed by atoms with Crippen molar-refractivity contribution >= 4 is 28.3 Å². The van der Waals surface area contributed by atoms with Crippen molar-refractivity contribution in [3.8, 4) is 0 Å². The Kier molecular flexibility index (Phi) is 3.91. The van der Waals surface area contributed by atoms with Crippen LogP contribution >= 0.6 is 11.6 Å². The van der Waals surface area contributed by atoms with Crippen molar-refractivity contribution in [2.75, 3.05) is 0 Å². The normalized spacial score (nSPS) is 10.1. The summed E-state index contributed by atoms with van der Waals surface area (Å²) >= 11 is 5.32. The number of benzene rings is 2. The van der Waals surface area contributed by atoms with Crippen LogP contribution in [0.3, 0.4) is 0 Å². The average Bonchev–Trinajstić information content (AvgIpc) is 2.46. The predicted octanol–water partition coefficient (Wildman–Crippen LogP) is 3.20. The van der Waals surface area contributed by atoms with E-state index in [1.807, 2.05) is 0 Å². The zero-order valence-corrected chi connectivity index (χ0v) is 10.8. The van der Waals surface area contributed by atoms with Gasteiger partial charge in [0.2, 0.25) is 0 Å². The number of nitro groups is 1. The molecule has 0 saturated carbocycles. The van der Waals surface area contributed by atoms with E-state index in [-0.39, 0.29) is 16.9 Å². The smallest absolute Gasteiger partial charge is 0.281 e. The van der Waals surface area contributed by atoms with E-state index in [2.05, 4.69) is 0 Å². The van der Waals surface area contributed by atoms with Crippen LogP contribution in [-0.2, 0) is 0 Å². The van der Waals surface area contributed by atoms with E-state index < -0.39 is 15.9 Å². The number of hydrogen-bond donors (Lipinski definition) is 0. The van der Waals surface area contributed by atoms with Crippen molar-refractivity contribution in [3.05, 3.63) is 75.3 Å². The molecule has 0 radical (unpaired) electrons. The highest BCUT2D eigenvalue weighted by Gasteiger charge is 2.21. The van der Waals surface area contributed by atoms with Gasteiger partial charge in [0.05, 0.1) is 4.92 Å². The SMILES string of the molecule is O=C(c1ccccc1)c1ccc([N+](=O)[O-])c(C(=O)Cl)c1. The standard InChI is InChI=1S/C14H8ClNO4/c15-14(18)11-8-10(6-7-12(11)16(19)20)13(17)9-4-2-1-3-5-9/h1-8H. The molecule has 0 fully saturated rings. The minimum absolute atomic E-state index is 0.172. The lowest BCUT2D eigenvalue weighted by molar-refractivity contribution is -0.385. The minimum Gasteiger partial charge on any atom is -0.289 e. The van der Waals surface area contributed by atoms with Crippen molar-refractivity contribution in [1.29, 1.82) is 0 Å². The van der Waals surface area contributed by atoms with Crippen LogP contribution in [0.25, 0.3) is 0 Å². The summed E-state index contributed by atoms with van der Waals surface area (Å²) in [5, 5.41) is 9.81. The van der Waals surface area contributed by atoms with Gasteiger partial charge in [-0.25, -0.2) is 0 Å². The van der Waals surface area contributed by atoms with Crippen molar-refractivity contribution in [2.45, 2.75) is 0 Å². The van der Waals surface area contributed by atoms with Crippen LogP contribution in [0.4, 0.5) is 5.69 Å². The van der Waals surface area contributed by atoms with Crippen molar-refractivity contribution in [3.63, 3.8) is 0 Å². The number of halogens is 1. The topological polar surface area (TPSA) is 77.3 Å². The lowest BCUT2D eigenvalue weighted by atomic mass is 10.0. The van der Waals surface area contributed by atoms with E-state index in [1.54, 1.807) is 30.3 Å². The van der Waals surface area contributed by atoms with Crippen molar-refractivity contribution < 1.29 is 14.5 Å². The Morgan fingerprint density at radius 1 is 1.00 bits per heavy atom. The number of nitro benzene ring substituents is 1. The van der Waals surface area contributed by atoms with Gasteiger partial charge in [0.15, 0.2) is 5.78 Å². The van der Waals surface area contributed by atoms with Crippen LogP contribution in [0.15, 0.2) is 48.5 Å². The van der Waals surface area contributed by atoms with Crippen LogP contribution in [0.1, 0.15) is 26.3 Å². The Balaban J connectivity index is 2.49. The summed E-state index contributed by atoms with van der Waals surface area (Å²) in [7, 11) is 0. The van der Waals surface area contributed by atoms with Gasteiger partial charge in [-0.1, -0.05) is 30.3 Å². The van der Waals surface area contributed by atoms with Gasteiger partial charge in [-0.05, 0) is 23.7 Å². The second kappa shape index (κ2) is 5.63. The summed E-state index contributed by atoms with van der Waals surface area (Å²) in [6.07, 6.45) is 0. The molecule has 0 aliphatic heterocycles. The van der Waals surface area contributed by atoms with Gasteiger partial charge < -0.3 is 0 Å². The van der Waals surface area contributed by atoms with Crippen molar-refractivity contribution in [2.24, 2.45) is 0 Å². The Hall–Kier alpha value is -2.53. The van der Waals surface area contributed by atoms with Gasteiger partial charge in [-0.2, -0.15) is 0 Å². The van der Waals surface area contributed by atoms with Gasteiger partial charge in [0.25, 0.3) is 10.9 Å². The van der Waals surface area contributed by atoms with Crippen LogP contribution < -0.4 is 0 Å². The Morgan fingerprint density at radius 3 is 2.20 bits per heavy atom. The highest BCUT2D eigenvalue weighted by Crippen LogP contribution is 2.23. The third-order valence-electron chi connectivity index (χ3n) is 2.70. The molecule has 0 aliphatic carbocycles. The number of carbonyl (C=O) groups is 2. The fourth-order valence-electron chi connectivity index (χ4n) is 1.75. The molecular weight excluding hydrogens is 282 g/mol. The summed E-state index contributed by atoms with van der Waals surface area (Å²) in [6, 6.07) is 11.9. The fourth-order valence-corrected chi connectivity index (χ4v) is 1.90. The molecule has 0 saturated heterocycles. The van der Waals surface area contributed by atoms with E-state index in [0.29, 0.717) is 5.56 Å². The minimum atomic E-state index is -0.973. The monoisotopic (exact) mass is 289 g/mol. The number of nitrogens with zero attached hydrogens (tertiary/aromatic N) is 1. The highest BCUT2D eigenvalue weighted by atomic mass is 35.5. The van der Waals surface area contributed by atoms with Gasteiger partial charge in [-0.15, -0.1) is 0 Å². The molecular formula is C14H8ClNO4. The van der Waals surface area contributed by atoms with E-state index in [1.165, 1.54) is 6.07 Å². The van der Waals surface area contributed by atoms with Crippen LogP contribution in [-0.4, -0.2) is 15.9 Å². The Labute approximate surface area is 118 Å². The first-order chi connectivity index (χ1) is 9.50. The molecule has 100 valence electrons. The largest absolute Gasteiger partial charge is 0.289 e. The number of ketones is 1. The molecule has 0 amide bonds. The summed E-state index contributed by atoms with van der Waals surface area (Å²) in [4.78, 5) is 33.5. The molecule has 20 heavy (non-hydrogen) atoms. The first-order valence-corrected chi connectivity index (χ1v) is 5.96. The molecule has 0 spiro atoms. The highest BCUT2D eigenvalue weighted by molar-refractivity contribution is 6.68. The summed E-state index contributed by atoms with van der Waals surface area (Å²) in [5.41, 5.74) is -0.117. The molecule has 0 atom stereocenters. The molecule has 0 aromatic heterocycles. The second-order valence-corrected chi connectivity index (χ2v) is 4.30. The molecule has 2 rings (SSSR count). The van der Waals surface area contributed by atoms with Crippen LogP contribution in [0.2, 0.25) is 0 Å². The molecule has 0 unspecified atom stereocenters. The summed E-state index contributed by atoms with van der Waals surface area (Å²) in [6.45, 7) is 0. The molecule has 0 N–H and O–H groups in total. The third kappa shape index (κ3) is 2.73. The summed E-state index contributed by atoms with van der Waals surface area (Å²) < 4.78 is 0. The first-order valence-electron chi connectivity index (χ1n) is 5.58. The Bertz CT molecular complexity index is 698. The predicted molar refractivity (Wildman–Crippen MR) is 73.2 cm³/mol. The van der Waals surface area contributed by atoms with Gasteiger partial charge in [0, 0.05) is 17.2 Å². The zero-order valence-electron chi connectivity index (χ0n) is 10.1. The second-order valence-electron chi connectivity index (χ2n) is 3.96. The number of rotatable bonds is 4. The van der Waals surface area contributed by atoms with Crippen molar-refractivity contribution in [1.82, 2.24) is 0 Å². The molecule has 2 aromatic carbocycles. The Morgan fingerprint density at radius 2 is 1.65 bits per heavy atom.